The molecule has 1 aromatic rings. The van der Waals surface area contributed by atoms with Gasteiger partial charge in [0, 0.05) is 12.1 Å². The molecule has 0 aliphatic carbocycles. The Morgan fingerprint density at radius 2 is 2.05 bits per heavy atom. The van der Waals surface area contributed by atoms with Gasteiger partial charge in [0.1, 0.15) is 0 Å². The molecule has 1 aromatic carbocycles. The standard InChI is InChI=1S/C14H21N3O2/c1-2-11-5-3-6-12(9-11)17-14(19)10-16-13(18)7-4-8-15/h3,5-6,9H,2,4,7-8,10,15H2,1H3,(H,16,18)(H,17,19). The normalized spacial score (nSPS) is 10.0. The van der Waals surface area contributed by atoms with E-state index in [1.807, 2.05) is 24.3 Å². The molecule has 2 amide bonds. The monoisotopic (exact) mass is 263 g/mol. The predicted molar refractivity (Wildman–Crippen MR) is 75.7 cm³/mol. The molecule has 0 radical (unpaired) electrons. The SMILES string of the molecule is CCc1cccc(NC(=O)CNC(=O)CCCN)c1. The molecule has 104 valence electrons. The summed E-state index contributed by atoms with van der Waals surface area (Å²) in [7, 11) is 0. The number of carbonyl (C=O) groups excluding carboxylic acids is 2. The van der Waals surface area contributed by atoms with Crippen LogP contribution >= 0.6 is 0 Å². The van der Waals surface area contributed by atoms with Gasteiger partial charge in [-0.25, -0.2) is 0 Å². The second kappa shape index (κ2) is 8.26. The first-order valence-corrected chi connectivity index (χ1v) is 6.51. The predicted octanol–water partition coefficient (Wildman–Crippen LogP) is 1.04. The Bertz CT molecular complexity index is 432. The average molecular weight is 263 g/mol. The molecule has 0 aromatic heterocycles. The Hall–Kier alpha value is -1.88. The van der Waals surface area contributed by atoms with Gasteiger partial charge in [0.05, 0.1) is 6.54 Å². The highest BCUT2D eigenvalue weighted by Crippen LogP contribution is 2.10. The minimum atomic E-state index is -0.227. The summed E-state index contributed by atoms with van der Waals surface area (Å²) >= 11 is 0. The van der Waals surface area contributed by atoms with Gasteiger partial charge >= 0.3 is 0 Å². The molecule has 0 unspecified atom stereocenters. The number of nitrogens with one attached hydrogen (secondary N) is 2. The van der Waals surface area contributed by atoms with Crippen LogP contribution in [0.1, 0.15) is 25.3 Å². The van der Waals surface area contributed by atoms with E-state index in [4.69, 9.17) is 5.73 Å². The molecule has 0 saturated heterocycles. The molecule has 0 aliphatic rings. The Kier molecular flexibility index (Phi) is 6.60. The highest BCUT2D eigenvalue weighted by molar-refractivity contribution is 5.94. The first-order valence-electron chi connectivity index (χ1n) is 6.51. The van der Waals surface area contributed by atoms with Gasteiger partial charge < -0.3 is 16.4 Å². The van der Waals surface area contributed by atoms with E-state index in [9.17, 15) is 9.59 Å². The topological polar surface area (TPSA) is 84.2 Å². The maximum absolute atomic E-state index is 11.6. The fourth-order valence-electron chi connectivity index (χ4n) is 1.60. The van der Waals surface area contributed by atoms with E-state index in [0.29, 0.717) is 19.4 Å². The molecular weight excluding hydrogens is 242 g/mol. The Morgan fingerprint density at radius 3 is 2.74 bits per heavy atom. The van der Waals surface area contributed by atoms with Crippen LogP contribution in [0.15, 0.2) is 24.3 Å². The van der Waals surface area contributed by atoms with Gasteiger partial charge in [-0.2, -0.15) is 0 Å². The van der Waals surface area contributed by atoms with E-state index in [1.54, 1.807) is 0 Å². The summed E-state index contributed by atoms with van der Waals surface area (Å²) in [6, 6.07) is 7.65. The fourth-order valence-corrected chi connectivity index (χ4v) is 1.60. The van der Waals surface area contributed by atoms with Crippen molar-refractivity contribution in [1.29, 1.82) is 0 Å². The second-order valence-corrected chi connectivity index (χ2v) is 4.27. The molecule has 0 fully saturated rings. The molecule has 5 heteroatoms. The number of anilines is 1. The number of hydrogen-bond donors (Lipinski definition) is 3. The van der Waals surface area contributed by atoms with E-state index < -0.39 is 0 Å². The van der Waals surface area contributed by atoms with Crippen molar-refractivity contribution >= 4 is 17.5 Å². The molecule has 0 atom stereocenters. The first-order chi connectivity index (χ1) is 9.15. The molecule has 19 heavy (non-hydrogen) atoms. The third-order valence-electron chi connectivity index (χ3n) is 2.67. The summed E-state index contributed by atoms with van der Waals surface area (Å²) in [6.07, 6.45) is 1.90. The zero-order valence-electron chi connectivity index (χ0n) is 11.2. The third-order valence-corrected chi connectivity index (χ3v) is 2.67. The number of amides is 2. The van der Waals surface area contributed by atoms with Crippen molar-refractivity contribution in [3.63, 3.8) is 0 Å². The smallest absolute Gasteiger partial charge is 0.243 e. The Labute approximate surface area is 113 Å². The lowest BCUT2D eigenvalue weighted by atomic mass is 10.1. The largest absolute Gasteiger partial charge is 0.347 e. The van der Waals surface area contributed by atoms with Gasteiger partial charge in [-0.1, -0.05) is 19.1 Å². The lowest BCUT2D eigenvalue weighted by molar-refractivity contribution is -0.124. The van der Waals surface area contributed by atoms with Gasteiger partial charge in [-0.05, 0) is 37.1 Å². The van der Waals surface area contributed by atoms with Gasteiger partial charge in [0.15, 0.2) is 0 Å². The third kappa shape index (κ3) is 6.01. The number of rotatable bonds is 7. The van der Waals surface area contributed by atoms with Crippen LogP contribution in [-0.2, 0) is 16.0 Å². The Morgan fingerprint density at radius 1 is 1.26 bits per heavy atom. The van der Waals surface area contributed by atoms with E-state index in [2.05, 4.69) is 17.6 Å². The number of aryl methyl sites for hydroxylation is 1. The minimum absolute atomic E-state index is 0.0141. The average Bonchev–Trinajstić information content (AvgIpc) is 2.43. The number of hydrogen-bond acceptors (Lipinski definition) is 3. The molecule has 1 rings (SSSR count). The molecular formula is C14H21N3O2. The van der Waals surface area contributed by atoms with E-state index in [-0.39, 0.29) is 18.4 Å². The zero-order chi connectivity index (χ0) is 14.1. The molecule has 5 nitrogen and oxygen atoms in total. The van der Waals surface area contributed by atoms with Crippen LogP contribution in [0.5, 0.6) is 0 Å². The summed E-state index contributed by atoms with van der Waals surface area (Å²) in [5.41, 5.74) is 7.21. The molecule has 4 N–H and O–H groups in total. The van der Waals surface area contributed by atoms with Crippen LogP contribution in [0.25, 0.3) is 0 Å². The first kappa shape index (κ1) is 15.2. The lowest BCUT2D eigenvalue weighted by Crippen LogP contribution is -2.32. The van der Waals surface area contributed by atoms with E-state index >= 15 is 0 Å². The maximum Gasteiger partial charge on any atom is 0.243 e. The molecule has 0 spiro atoms. The van der Waals surface area contributed by atoms with Crippen LogP contribution in [0.4, 0.5) is 5.69 Å². The molecule has 0 bridgehead atoms. The number of nitrogens with two attached hydrogens (primary N) is 1. The van der Waals surface area contributed by atoms with Crippen molar-refractivity contribution in [3.05, 3.63) is 29.8 Å². The molecule has 0 heterocycles. The summed E-state index contributed by atoms with van der Waals surface area (Å²) in [4.78, 5) is 23.0. The summed E-state index contributed by atoms with van der Waals surface area (Å²) in [5.74, 6) is -0.378. The number of benzene rings is 1. The van der Waals surface area contributed by atoms with Crippen molar-refractivity contribution in [2.75, 3.05) is 18.4 Å². The van der Waals surface area contributed by atoms with Crippen LogP contribution < -0.4 is 16.4 Å². The minimum Gasteiger partial charge on any atom is -0.347 e. The van der Waals surface area contributed by atoms with Crippen molar-refractivity contribution in [2.24, 2.45) is 5.73 Å². The Balaban J connectivity index is 2.36. The van der Waals surface area contributed by atoms with Crippen LogP contribution in [0.3, 0.4) is 0 Å². The van der Waals surface area contributed by atoms with Crippen molar-refractivity contribution < 1.29 is 9.59 Å². The molecule has 0 aliphatic heterocycles. The highest BCUT2D eigenvalue weighted by Gasteiger charge is 2.05. The van der Waals surface area contributed by atoms with Gasteiger partial charge in [0.25, 0.3) is 0 Å². The van der Waals surface area contributed by atoms with Crippen molar-refractivity contribution in [3.8, 4) is 0 Å². The highest BCUT2D eigenvalue weighted by atomic mass is 16.2. The van der Waals surface area contributed by atoms with E-state index in [0.717, 1.165) is 17.7 Å². The zero-order valence-corrected chi connectivity index (χ0v) is 11.2. The summed E-state index contributed by atoms with van der Waals surface area (Å²) in [6.45, 7) is 2.52. The van der Waals surface area contributed by atoms with Gasteiger partial charge in [-0.15, -0.1) is 0 Å². The van der Waals surface area contributed by atoms with Crippen LogP contribution in [-0.4, -0.2) is 24.9 Å². The van der Waals surface area contributed by atoms with Crippen molar-refractivity contribution in [2.45, 2.75) is 26.2 Å². The van der Waals surface area contributed by atoms with E-state index in [1.165, 1.54) is 0 Å². The summed E-state index contributed by atoms with van der Waals surface area (Å²) in [5, 5.41) is 5.31. The number of carbonyl (C=O) groups is 2. The lowest BCUT2D eigenvalue weighted by Gasteiger charge is -2.07. The van der Waals surface area contributed by atoms with Gasteiger partial charge in [-0.3, -0.25) is 9.59 Å². The second-order valence-electron chi connectivity index (χ2n) is 4.27. The van der Waals surface area contributed by atoms with Crippen LogP contribution in [0, 0.1) is 0 Å². The molecule has 0 saturated carbocycles. The maximum atomic E-state index is 11.6. The van der Waals surface area contributed by atoms with Crippen LogP contribution in [0.2, 0.25) is 0 Å². The van der Waals surface area contributed by atoms with Gasteiger partial charge in [0.2, 0.25) is 11.8 Å². The quantitative estimate of drug-likeness (QED) is 0.687. The van der Waals surface area contributed by atoms with Crippen molar-refractivity contribution in [1.82, 2.24) is 5.32 Å². The summed E-state index contributed by atoms with van der Waals surface area (Å²) < 4.78 is 0. The fraction of sp³-hybridized carbons (Fsp3) is 0.429.